The van der Waals surface area contributed by atoms with Crippen molar-refractivity contribution in [1.82, 2.24) is 9.62 Å². The zero-order chi connectivity index (χ0) is 21.2. The molecule has 1 atom stereocenters. The highest BCUT2D eigenvalue weighted by atomic mass is 32.2. The normalized spacial score (nSPS) is 14.5. The van der Waals surface area contributed by atoms with Gasteiger partial charge in [-0.15, -0.1) is 0 Å². The Morgan fingerprint density at radius 1 is 1.14 bits per heavy atom. The number of carbonyl (C=O) groups is 1. The molecule has 0 saturated carbocycles. The molecular formula is C21H26FN3O3S. The molecule has 0 aromatic heterocycles. The number of rotatable bonds is 7. The van der Waals surface area contributed by atoms with Crippen LogP contribution in [0.15, 0.2) is 42.5 Å². The molecular weight excluding hydrogens is 393 g/mol. The van der Waals surface area contributed by atoms with Crippen molar-refractivity contribution in [3.05, 3.63) is 65.0 Å². The Morgan fingerprint density at radius 3 is 2.52 bits per heavy atom. The number of carbonyl (C=O) groups excluding carboxylic acids is 1. The summed E-state index contributed by atoms with van der Waals surface area (Å²) in [5, 5.41) is 2.83. The van der Waals surface area contributed by atoms with Gasteiger partial charge in [-0.3, -0.25) is 4.79 Å². The molecule has 6 nitrogen and oxygen atoms in total. The molecule has 156 valence electrons. The molecule has 0 spiro atoms. The van der Waals surface area contributed by atoms with Gasteiger partial charge in [0.2, 0.25) is 5.91 Å². The first-order chi connectivity index (χ1) is 13.7. The van der Waals surface area contributed by atoms with Crippen molar-refractivity contribution in [3.8, 4) is 0 Å². The lowest BCUT2D eigenvalue weighted by Gasteiger charge is -2.27. The molecule has 0 heterocycles. The molecule has 2 aromatic rings. The molecule has 0 saturated heterocycles. The van der Waals surface area contributed by atoms with Crippen molar-refractivity contribution in [2.45, 2.75) is 32.2 Å². The third-order valence-corrected chi connectivity index (χ3v) is 6.95. The minimum atomic E-state index is -4.05. The zero-order valence-corrected chi connectivity index (χ0v) is 17.7. The van der Waals surface area contributed by atoms with E-state index in [4.69, 9.17) is 0 Å². The number of nitrogens with zero attached hydrogens (tertiary/aromatic N) is 2. The van der Waals surface area contributed by atoms with Crippen molar-refractivity contribution in [1.29, 1.82) is 0 Å². The number of aryl methyl sites for hydroxylation is 2. The van der Waals surface area contributed by atoms with Crippen LogP contribution in [0.4, 0.5) is 10.1 Å². The van der Waals surface area contributed by atoms with Crippen LogP contribution in [0.5, 0.6) is 0 Å². The van der Waals surface area contributed by atoms with Crippen LogP contribution in [0.3, 0.4) is 0 Å². The number of benzene rings is 2. The highest BCUT2D eigenvalue weighted by Crippen LogP contribution is 2.26. The van der Waals surface area contributed by atoms with E-state index in [1.807, 2.05) is 13.0 Å². The second kappa shape index (κ2) is 8.51. The van der Waals surface area contributed by atoms with Gasteiger partial charge in [0.05, 0.1) is 11.7 Å². The van der Waals surface area contributed by atoms with Crippen LogP contribution >= 0.6 is 0 Å². The number of hydrogen-bond donors (Lipinski definition) is 1. The van der Waals surface area contributed by atoms with E-state index in [1.165, 1.54) is 49.5 Å². The van der Waals surface area contributed by atoms with E-state index >= 15 is 0 Å². The summed E-state index contributed by atoms with van der Waals surface area (Å²) in [6.07, 6.45) is 3.25. The first-order valence-corrected chi connectivity index (χ1v) is 11.0. The van der Waals surface area contributed by atoms with Crippen molar-refractivity contribution < 1.29 is 17.6 Å². The third-order valence-electron chi connectivity index (χ3n) is 5.15. The zero-order valence-electron chi connectivity index (χ0n) is 16.9. The molecule has 0 bridgehead atoms. The molecule has 1 N–H and O–H groups in total. The summed E-state index contributed by atoms with van der Waals surface area (Å²) in [4.78, 5) is 12.7. The molecule has 0 aliphatic heterocycles. The molecule has 0 fully saturated rings. The lowest BCUT2D eigenvalue weighted by molar-refractivity contribution is -0.120. The molecule has 1 amide bonds. The maximum absolute atomic E-state index is 14.3. The number of amides is 1. The van der Waals surface area contributed by atoms with Crippen LogP contribution in [0.2, 0.25) is 0 Å². The van der Waals surface area contributed by atoms with E-state index in [0.717, 1.165) is 33.4 Å². The Kier molecular flexibility index (Phi) is 6.24. The van der Waals surface area contributed by atoms with Crippen LogP contribution < -0.4 is 9.62 Å². The van der Waals surface area contributed by atoms with Crippen molar-refractivity contribution in [3.63, 3.8) is 0 Å². The number of fused-ring (bicyclic) bond motifs is 1. The van der Waals surface area contributed by atoms with Crippen molar-refractivity contribution in [2.75, 3.05) is 24.9 Å². The van der Waals surface area contributed by atoms with Gasteiger partial charge in [0.1, 0.15) is 12.4 Å². The number of para-hydroxylation sites is 1. The first-order valence-electron chi connectivity index (χ1n) is 9.56. The van der Waals surface area contributed by atoms with Gasteiger partial charge >= 0.3 is 10.2 Å². The minimum absolute atomic E-state index is 0.165. The van der Waals surface area contributed by atoms with Gasteiger partial charge in [-0.2, -0.15) is 12.7 Å². The number of anilines is 1. The summed E-state index contributed by atoms with van der Waals surface area (Å²) in [5.74, 6) is -1.22. The number of nitrogens with one attached hydrogen (secondary N) is 1. The van der Waals surface area contributed by atoms with Gasteiger partial charge in [-0.05, 0) is 55.0 Å². The standard InChI is InChI=1S/C21H26FN3O3S/c1-15(17-12-11-16-7-6-8-18(16)13-17)23-21(26)14-25(29(27,28)24(2)3)20-10-5-4-9-19(20)22/h4-5,9-13,15H,6-8,14H2,1-3H3,(H,23,26). The highest BCUT2D eigenvalue weighted by Gasteiger charge is 2.29. The minimum Gasteiger partial charge on any atom is -0.348 e. The van der Waals surface area contributed by atoms with E-state index in [0.29, 0.717) is 0 Å². The van der Waals surface area contributed by atoms with Gasteiger partial charge in [-0.25, -0.2) is 8.70 Å². The topological polar surface area (TPSA) is 69.7 Å². The van der Waals surface area contributed by atoms with Gasteiger partial charge < -0.3 is 5.32 Å². The fourth-order valence-electron chi connectivity index (χ4n) is 3.50. The van der Waals surface area contributed by atoms with Crippen molar-refractivity contribution in [2.24, 2.45) is 0 Å². The fourth-order valence-corrected chi connectivity index (χ4v) is 4.58. The lowest BCUT2D eigenvalue weighted by atomic mass is 10.0. The van der Waals surface area contributed by atoms with Crippen LogP contribution in [-0.4, -0.2) is 39.3 Å². The molecule has 8 heteroatoms. The van der Waals surface area contributed by atoms with E-state index < -0.39 is 28.5 Å². The Balaban J connectivity index is 1.79. The predicted octanol–water partition coefficient (Wildman–Crippen LogP) is 2.80. The van der Waals surface area contributed by atoms with Gasteiger partial charge in [0, 0.05) is 14.1 Å². The summed E-state index contributed by atoms with van der Waals surface area (Å²) >= 11 is 0. The molecule has 0 radical (unpaired) electrons. The number of halogens is 1. The second-order valence-electron chi connectivity index (χ2n) is 7.42. The number of hydrogen-bond acceptors (Lipinski definition) is 3. The largest absolute Gasteiger partial charge is 0.348 e. The Morgan fingerprint density at radius 2 is 1.83 bits per heavy atom. The smallest absolute Gasteiger partial charge is 0.304 e. The Hall–Kier alpha value is -2.45. The maximum Gasteiger partial charge on any atom is 0.304 e. The Labute approximate surface area is 171 Å². The molecule has 1 aliphatic rings. The maximum atomic E-state index is 14.3. The summed E-state index contributed by atoms with van der Waals surface area (Å²) in [6, 6.07) is 11.4. The van der Waals surface area contributed by atoms with E-state index in [9.17, 15) is 17.6 Å². The Bertz CT molecular complexity index is 1010. The molecule has 2 aromatic carbocycles. The second-order valence-corrected chi connectivity index (χ2v) is 9.49. The third kappa shape index (κ3) is 4.59. The summed E-state index contributed by atoms with van der Waals surface area (Å²) in [7, 11) is -1.37. The van der Waals surface area contributed by atoms with Crippen LogP contribution in [-0.2, 0) is 27.8 Å². The van der Waals surface area contributed by atoms with Gasteiger partial charge in [-0.1, -0.05) is 30.3 Å². The fraction of sp³-hybridized carbons (Fsp3) is 0.381. The average molecular weight is 420 g/mol. The summed E-state index contributed by atoms with van der Waals surface area (Å²) < 4.78 is 41.4. The summed E-state index contributed by atoms with van der Waals surface area (Å²) in [6.45, 7) is 1.33. The van der Waals surface area contributed by atoms with Crippen LogP contribution in [0, 0.1) is 5.82 Å². The van der Waals surface area contributed by atoms with Crippen molar-refractivity contribution >= 4 is 21.8 Å². The SMILES string of the molecule is CC(NC(=O)CN(c1ccccc1F)S(=O)(=O)N(C)C)c1ccc2c(c1)CCC2. The molecule has 1 unspecified atom stereocenters. The quantitative estimate of drug-likeness (QED) is 0.750. The van der Waals surface area contributed by atoms with Gasteiger partial charge in [0.25, 0.3) is 0 Å². The monoisotopic (exact) mass is 419 g/mol. The summed E-state index contributed by atoms with van der Waals surface area (Å²) in [5.41, 5.74) is 3.44. The lowest BCUT2D eigenvalue weighted by Crippen LogP contribution is -2.46. The average Bonchev–Trinajstić information content (AvgIpc) is 3.14. The van der Waals surface area contributed by atoms with E-state index in [-0.39, 0.29) is 11.7 Å². The van der Waals surface area contributed by atoms with E-state index in [2.05, 4.69) is 17.4 Å². The molecule has 1 aliphatic carbocycles. The molecule has 29 heavy (non-hydrogen) atoms. The van der Waals surface area contributed by atoms with E-state index in [1.54, 1.807) is 0 Å². The van der Waals surface area contributed by atoms with Crippen LogP contribution in [0.25, 0.3) is 0 Å². The first kappa shape index (κ1) is 21.3. The predicted molar refractivity (Wildman–Crippen MR) is 111 cm³/mol. The van der Waals surface area contributed by atoms with Gasteiger partial charge in [0.15, 0.2) is 0 Å². The highest BCUT2D eigenvalue weighted by molar-refractivity contribution is 7.90. The van der Waals surface area contributed by atoms with Crippen LogP contribution in [0.1, 0.15) is 36.1 Å². The molecule has 3 rings (SSSR count).